The monoisotopic (exact) mass is 395 g/mol. The fourth-order valence-corrected chi connectivity index (χ4v) is 3.45. The Hall–Kier alpha value is -2.83. The Bertz CT molecular complexity index is 881. The second-order valence-corrected chi connectivity index (χ2v) is 8.25. The van der Waals surface area contributed by atoms with Crippen LogP contribution in [0.5, 0.6) is 0 Å². The molecule has 1 heterocycles. The summed E-state index contributed by atoms with van der Waals surface area (Å²) in [4.78, 5) is 44.8. The number of urea groups is 1. The number of hydrogen-bond acceptors (Lipinski definition) is 4. The molecule has 0 unspecified atom stereocenters. The number of quaternary nitrogens is 1. The maximum atomic E-state index is 13.2. The van der Waals surface area contributed by atoms with Crippen LogP contribution in [0.3, 0.4) is 0 Å². The topological polar surface area (TPSA) is 72.5 Å². The summed E-state index contributed by atoms with van der Waals surface area (Å²) >= 11 is 0. The van der Waals surface area contributed by atoms with E-state index in [2.05, 4.69) is 5.48 Å². The Labute approximate surface area is 171 Å². The van der Waals surface area contributed by atoms with Crippen molar-refractivity contribution in [1.29, 1.82) is 0 Å². The van der Waals surface area contributed by atoms with Gasteiger partial charge in [-0.25, -0.2) is 14.4 Å². The van der Waals surface area contributed by atoms with Crippen LogP contribution in [0.25, 0.3) is 0 Å². The lowest BCUT2D eigenvalue weighted by atomic mass is 10.1. The molecule has 4 amide bonds. The first kappa shape index (κ1) is 20.9. The predicted molar refractivity (Wildman–Crippen MR) is 109 cm³/mol. The summed E-state index contributed by atoms with van der Waals surface area (Å²) in [5, 5.41) is 0. The average molecular weight is 395 g/mol. The minimum atomic E-state index is -0.912. The van der Waals surface area contributed by atoms with E-state index in [0.29, 0.717) is 6.42 Å². The first-order valence-corrected chi connectivity index (χ1v) is 9.85. The minimum absolute atomic E-state index is 0.0958. The van der Waals surface area contributed by atoms with Crippen molar-refractivity contribution in [3.8, 4) is 0 Å². The van der Waals surface area contributed by atoms with Crippen LogP contribution in [0.15, 0.2) is 54.6 Å². The van der Waals surface area contributed by atoms with Crippen molar-refractivity contribution >= 4 is 17.8 Å². The predicted octanol–water partition coefficient (Wildman–Crippen LogP) is 4.26. The van der Waals surface area contributed by atoms with Crippen LogP contribution in [0, 0.1) is 0 Å². The normalized spacial score (nSPS) is 15.3. The van der Waals surface area contributed by atoms with Crippen LogP contribution >= 0.6 is 0 Å². The number of unbranched alkanes of at least 4 members (excludes halogenated alkanes) is 1. The number of aryl methyl sites for hydroxylation is 1. The third kappa shape index (κ3) is 4.28. The third-order valence-corrected chi connectivity index (χ3v) is 4.92. The molecule has 29 heavy (non-hydrogen) atoms. The fraction of sp³-hybridized carbons (Fsp3) is 0.348. The third-order valence-electron chi connectivity index (χ3n) is 4.92. The second-order valence-electron chi connectivity index (χ2n) is 8.25. The summed E-state index contributed by atoms with van der Waals surface area (Å²) in [6, 6.07) is 15.8. The number of hydrogen-bond donors (Lipinski definition) is 1. The number of hydroxylamine groups is 1. The summed E-state index contributed by atoms with van der Waals surface area (Å²) < 4.78 is -0.912. The molecule has 0 atom stereocenters. The van der Waals surface area contributed by atoms with Crippen molar-refractivity contribution in [1.82, 2.24) is 5.48 Å². The van der Waals surface area contributed by atoms with E-state index in [-0.39, 0.29) is 17.7 Å². The summed E-state index contributed by atoms with van der Waals surface area (Å²) in [6.07, 6.45) is 2.12. The molecule has 0 aliphatic carbocycles. The minimum Gasteiger partial charge on any atom is -0.263 e. The molecule has 0 bridgehead atoms. The van der Waals surface area contributed by atoms with E-state index in [0.717, 1.165) is 12.8 Å². The van der Waals surface area contributed by atoms with Gasteiger partial charge in [0.05, 0.1) is 16.7 Å². The number of carbonyl (C=O) groups is 3. The van der Waals surface area contributed by atoms with Crippen LogP contribution in [0.1, 0.15) is 59.9 Å². The fourth-order valence-electron chi connectivity index (χ4n) is 3.45. The zero-order valence-corrected chi connectivity index (χ0v) is 17.1. The Morgan fingerprint density at radius 1 is 0.897 bits per heavy atom. The molecule has 2 aromatic rings. The smallest absolute Gasteiger partial charge is 0.263 e. The maximum Gasteiger partial charge on any atom is 0.455 e. The molecule has 6 nitrogen and oxygen atoms in total. The van der Waals surface area contributed by atoms with Crippen LogP contribution in [-0.4, -0.2) is 34.5 Å². The van der Waals surface area contributed by atoms with Crippen LogP contribution in [-0.2, 0) is 11.3 Å². The summed E-state index contributed by atoms with van der Waals surface area (Å²) in [7, 11) is 0. The molecule has 0 saturated carbocycles. The molecule has 0 spiro atoms. The highest BCUT2D eigenvalue weighted by Crippen LogP contribution is 2.31. The van der Waals surface area contributed by atoms with Crippen molar-refractivity contribution in [3.05, 3.63) is 71.3 Å². The number of benzene rings is 2. The van der Waals surface area contributed by atoms with Gasteiger partial charge in [0.2, 0.25) is 0 Å². The Kier molecular flexibility index (Phi) is 5.96. The molecule has 6 heteroatoms. The van der Waals surface area contributed by atoms with Crippen molar-refractivity contribution < 1.29 is 23.7 Å². The number of carbonyl (C=O) groups excluding carboxylic acids is 3. The van der Waals surface area contributed by atoms with Gasteiger partial charge in [0, 0.05) is 0 Å². The Morgan fingerprint density at radius 3 is 2.00 bits per heavy atom. The number of nitrogens with zero attached hydrogens (tertiary/aromatic N) is 1. The van der Waals surface area contributed by atoms with E-state index in [9.17, 15) is 14.4 Å². The van der Waals surface area contributed by atoms with Gasteiger partial charge in [-0.3, -0.25) is 4.84 Å². The molecule has 0 aromatic heterocycles. The van der Waals surface area contributed by atoms with Crippen molar-refractivity contribution in [2.24, 2.45) is 0 Å². The maximum absolute atomic E-state index is 13.2. The highest BCUT2D eigenvalue weighted by atomic mass is 16.7. The number of nitrogens with one attached hydrogen (secondary N) is 1. The summed E-state index contributed by atoms with van der Waals surface area (Å²) in [5.41, 5.74) is 3.45. The SMILES string of the molecule is CC(C)(C)ONC(=O)[N+]1(CCCCc2ccccc2)C(=O)c2ccccc2C1=O. The zero-order valence-electron chi connectivity index (χ0n) is 17.1. The summed E-state index contributed by atoms with van der Waals surface area (Å²) in [6.45, 7) is 5.43. The highest BCUT2D eigenvalue weighted by Gasteiger charge is 2.59. The van der Waals surface area contributed by atoms with Gasteiger partial charge in [-0.05, 0) is 57.7 Å². The number of fused-ring (bicyclic) bond motifs is 1. The molecule has 2 aromatic carbocycles. The standard InChI is InChI=1S/C23H26N2O4/c1-23(2,3)29-24-22(28)25(16-10-9-13-17-11-5-4-6-12-17)20(26)18-14-7-8-15-19(18)21(25)27/h4-8,11-12,14-15H,9-10,13,16H2,1-3H3/p+1. The van der Waals surface area contributed by atoms with E-state index >= 15 is 0 Å². The molecule has 152 valence electrons. The lowest BCUT2D eigenvalue weighted by Gasteiger charge is -2.27. The van der Waals surface area contributed by atoms with E-state index in [1.807, 2.05) is 30.3 Å². The molecular weight excluding hydrogens is 368 g/mol. The van der Waals surface area contributed by atoms with Gasteiger partial charge in [-0.2, -0.15) is 5.48 Å². The number of rotatable bonds is 6. The Morgan fingerprint density at radius 2 is 1.45 bits per heavy atom. The Balaban J connectivity index is 1.80. The zero-order chi connectivity index (χ0) is 21.1. The molecule has 0 fully saturated rings. The van der Waals surface area contributed by atoms with Crippen molar-refractivity contribution in [2.75, 3.05) is 6.54 Å². The quantitative estimate of drug-likeness (QED) is 0.343. The first-order valence-electron chi connectivity index (χ1n) is 9.85. The largest absolute Gasteiger partial charge is 0.455 e. The van der Waals surface area contributed by atoms with Gasteiger partial charge in [0.1, 0.15) is 6.54 Å². The number of amides is 4. The van der Waals surface area contributed by atoms with Crippen LogP contribution < -0.4 is 5.48 Å². The van der Waals surface area contributed by atoms with Crippen molar-refractivity contribution in [2.45, 2.75) is 45.6 Å². The molecule has 1 aliphatic heterocycles. The van der Waals surface area contributed by atoms with Crippen molar-refractivity contribution in [3.63, 3.8) is 0 Å². The molecular formula is C23H27N2O4+. The first-order chi connectivity index (χ1) is 13.8. The lowest BCUT2D eigenvalue weighted by molar-refractivity contribution is -0.680. The van der Waals surface area contributed by atoms with E-state index in [1.165, 1.54) is 5.56 Å². The molecule has 0 radical (unpaired) electrons. The highest BCUT2D eigenvalue weighted by molar-refractivity contribution is 6.18. The molecule has 1 aliphatic rings. The van der Waals surface area contributed by atoms with E-state index in [1.54, 1.807) is 45.0 Å². The lowest BCUT2D eigenvalue weighted by Crippen LogP contribution is -2.62. The molecule has 0 saturated heterocycles. The van der Waals surface area contributed by atoms with Gasteiger partial charge in [0.15, 0.2) is 0 Å². The van der Waals surface area contributed by atoms with Gasteiger partial charge >= 0.3 is 17.8 Å². The molecule has 3 rings (SSSR count). The van der Waals surface area contributed by atoms with Gasteiger partial charge in [-0.15, -0.1) is 4.48 Å². The van der Waals surface area contributed by atoms with E-state index in [4.69, 9.17) is 4.84 Å². The van der Waals surface area contributed by atoms with E-state index < -0.39 is 27.9 Å². The van der Waals surface area contributed by atoms with Crippen LogP contribution in [0.2, 0.25) is 0 Å². The van der Waals surface area contributed by atoms with Gasteiger partial charge < -0.3 is 0 Å². The van der Waals surface area contributed by atoms with Gasteiger partial charge in [-0.1, -0.05) is 42.5 Å². The molecule has 1 N–H and O–H groups in total. The summed E-state index contributed by atoms with van der Waals surface area (Å²) in [5.74, 6) is -0.999. The average Bonchev–Trinajstić information content (AvgIpc) is 2.92. The van der Waals surface area contributed by atoms with Crippen LogP contribution in [0.4, 0.5) is 4.79 Å². The second kappa shape index (κ2) is 8.27. The number of imide groups is 3. The van der Waals surface area contributed by atoms with Gasteiger partial charge in [0.25, 0.3) is 0 Å².